The highest BCUT2D eigenvalue weighted by atomic mass is 16.5. The molecule has 0 saturated heterocycles. The molecule has 0 atom stereocenters. The molecule has 96 valence electrons. The van der Waals surface area contributed by atoms with Crippen LogP contribution in [0.4, 0.5) is 4.79 Å². The van der Waals surface area contributed by atoms with E-state index in [0.717, 1.165) is 13.0 Å². The van der Waals surface area contributed by atoms with Gasteiger partial charge in [-0.25, -0.2) is 4.79 Å². The maximum atomic E-state index is 11.1. The number of carbonyl (C=O) groups excluding carboxylic acids is 1. The van der Waals surface area contributed by atoms with E-state index in [1.54, 1.807) is 11.9 Å². The first-order valence-corrected chi connectivity index (χ1v) is 6.51. The summed E-state index contributed by atoms with van der Waals surface area (Å²) in [4.78, 5) is 12.7. The average molecular weight is 229 g/mol. The molecule has 0 radical (unpaired) electrons. The quantitative estimate of drug-likeness (QED) is 0.562. The molecule has 0 aromatic carbocycles. The molecule has 0 spiro atoms. The van der Waals surface area contributed by atoms with Gasteiger partial charge in [-0.05, 0) is 6.42 Å². The van der Waals surface area contributed by atoms with Gasteiger partial charge in [0, 0.05) is 13.6 Å². The molecule has 0 bridgehead atoms. The predicted molar refractivity (Wildman–Crippen MR) is 67.6 cm³/mol. The normalized spacial score (nSPS) is 10.2. The molecule has 0 aliphatic heterocycles. The Balaban J connectivity index is 3.17. The number of ether oxygens (including phenoxy) is 1. The van der Waals surface area contributed by atoms with Gasteiger partial charge in [-0.3, -0.25) is 0 Å². The lowest BCUT2D eigenvalue weighted by Crippen LogP contribution is -2.27. The molecule has 0 saturated carbocycles. The summed E-state index contributed by atoms with van der Waals surface area (Å²) in [6, 6.07) is 0. The van der Waals surface area contributed by atoms with Gasteiger partial charge in [0.15, 0.2) is 0 Å². The number of amides is 1. The van der Waals surface area contributed by atoms with Crippen molar-refractivity contribution in [2.75, 3.05) is 20.7 Å². The SMILES string of the molecule is CCCCCCCCCCN(C)C(=O)OC. The van der Waals surface area contributed by atoms with Gasteiger partial charge in [-0.15, -0.1) is 0 Å². The summed E-state index contributed by atoms with van der Waals surface area (Å²) >= 11 is 0. The summed E-state index contributed by atoms with van der Waals surface area (Å²) in [5, 5.41) is 0. The summed E-state index contributed by atoms with van der Waals surface area (Å²) in [5.41, 5.74) is 0. The van der Waals surface area contributed by atoms with Crippen LogP contribution in [0.2, 0.25) is 0 Å². The van der Waals surface area contributed by atoms with Gasteiger partial charge < -0.3 is 9.64 Å². The van der Waals surface area contributed by atoms with Crippen LogP contribution in [0, 0.1) is 0 Å². The number of hydrogen-bond donors (Lipinski definition) is 0. The second kappa shape index (κ2) is 10.8. The van der Waals surface area contributed by atoms with Gasteiger partial charge in [-0.1, -0.05) is 51.9 Å². The summed E-state index contributed by atoms with van der Waals surface area (Å²) in [6.07, 6.45) is 10.1. The Bertz CT molecular complexity index is 171. The van der Waals surface area contributed by atoms with Crippen LogP contribution >= 0.6 is 0 Å². The van der Waals surface area contributed by atoms with Gasteiger partial charge in [0.2, 0.25) is 0 Å². The zero-order valence-electron chi connectivity index (χ0n) is 11.1. The van der Waals surface area contributed by atoms with Crippen LogP contribution in [-0.2, 0) is 4.74 Å². The molecule has 0 fully saturated rings. The van der Waals surface area contributed by atoms with Crippen LogP contribution in [0.3, 0.4) is 0 Å². The van der Waals surface area contributed by atoms with Crippen molar-refractivity contribution in [3.05, 3.63) is 0 Å². The van der Waals surface area contributed by atoms with E-state index in [1.165, 1.54) is 52.1 Å². The zero-order valence-corrected chi connectivity index (χ0v) is 11.1. The Labute approximate surface area is 100 Å². The maximum absolute atomic E-state index is 11.1. The average Bonchev–Trinajstić information content (AvgIpc) is 2.31. The minimum Gasteiger partial charge on any atom is -0.453 e. The van der Waals surface area contributed by atoms with E-state index in [0.29, 0.717) is 0 Å². The number of rotatable bonds is 9. The first kappa shape index (κ1) is 15.3. The van der Waals surface area contributed by atoms with Gasteiger partial charge in [-0.2, -0.15) is 0 Å². The number of methoxy groups -OCH3 is 1. The Morgan fingerprint density at radius 1 is 1.00 bits per heavy atom. The molecular formula is C13H27NO2. The third-order valence-corrected chi connectivity index (χ3v) is 2.83. The van der Waals surface area contributed by atoms with Crippen molar-refractivity contribution in [3.8, 4) is 0 Å². The fraction of sp³-hybridized carbons (Fsp3) is 0.923. The van der Waals surface area contributed by atoms with Gasteiger partial charge in [0.25, 0.3) is 0 Å². The van der Waals surface area contributed by atoms with Crippen molar-refractivity contribution in [1.29, 1.82) is 0 Å². The molecule has 0 aromatic rings. The van der Waals surface area contributed by atoms with Crippen LogP contribution in [0.25, 0.3) is 0 Å². The molecule has 0 aromatic heterocycles. The van der Waals surface area contributed by atoms with E-state index in [4.69, 9.17) is 0 Å². The van der Waals surface area contributed by atoms with Crippen molar-refractivity contribution in [3.63, 3.8) is 0 Å². The number of unbranched alkanes of at least 4 members (excludes halogenated alkanes) is 7. The Hall–Kier alpha value is -0.730. The highest BCUT2D eigenvalue weighted by Crippen LogP contribution is 2.08. The Morgan fingerprint density at radius 3 is 2.00 bits per heavy atom. The van der Waals surface area contributed by atoms with Crippen molar-refractivity contribution in [1.82, 2.24) is 4.90 Å². The number of hydrogen-bond acceptors (Lipinski definition) is 2. The minimum atomic E-state index is -0.233. The first-order chi connectivity index (χ1) is 7.72. The van der Waals surface area contributed by atoms with E-state index in [9.17, 15) is 4.79 Å². The van der Waals surface area contributed by atoms with E-state index >= 15 is 0 Å². The van der Waals surface area contributed by atoms with Gasteiger partial charge in [0.05, 0.1) is 7.11 Å². The van der Waals surface area contributed by atoms with Crippen LogP contribution < -0.4 is 0 Å². The highest BCUT2D eigenvalue weighted by molar-refractivity contribution is 5.66. The minimum absolute atomic E-state index is 0.233. The van der Waals surface area contributed by atoms with Crippen LogP contribution in [0.15, 0.2) is 0 Å². The second-order valence-corrected chi connectivity index (χ2v) is 4.37. The van der Waals surface area contributed by atoms with Crippen molar-refractivity contribution in [2.45, 2.75) is 58.3 Å². The molecule has 0 aliphatic carbocycles. The fourth-order valence-corrected chi connectivity index (χ4v) is 1.73. The van der Waals surface area contributed by atoms with Crippen LogP contribution in [0.5, 0.6) is 0 Å². The van der Waals surface area contributed by atoms with Gasteiger partial charge >= 0.3 is 6.09 Å². The summed E-state index contributed by atoms with van der Waals surface area (Å²) in [5.74, 6) is 0. The lowest BCUT2D eigenvalue weighted by atomic mass is 10.1. The smallest absolute Gasteiger partial charge is 0.409 e. The summed E-state index contributed by atoms with van der Waals surface area (Å²) in [7, 11) is 3.21. The molecular weight excluding hydrogens is 202 g/mol. The van der Waals surface area contributed by atoms with E-state index < -0.39 is 0 Å². The molecule has 16 heavy (non-hydrogen) atoms. The largest absolute Gasteiger partial charge is 0.453 e. The Morgan fingerprint density at radius 2 is 1.50 bits per heavy atom. The maximum Gasteiger partial charge on any atom is 0.409 e. The third-order valence-electron chi connectivity index (χ3n) is 2.83. The van der Waals surface area contributed by atoms with E-state index in [-0.39, 0.29) is 6.09 Å². The topological polar surface area (TPSA) is 29.5 Å². The molecule has 0 aliphatic rings. The van der Waals surface area contributed by atoms with E-state index in [2.05, 4.69) is 11.7 Å². The fourth-order valence-electron chi connectivity index (χ4n) is 1.73. The molecule has 0 rings (SSSR count). The lowest BCUT2D eigenvalue weighted by molar-refractivity contribution is 0.132. The number of carbonyl (C=O) groups is 1. The second-order valence-electron chi connectivity index (χ2n) is 4.37. The molecule has 3 nitrogen and oxygen atoms in total. The standard InChI is InChI=1S/C13H27NO2/c1-4-5-6-7-8-9-10-11-12-14(2)13(15)16-3/h4-12H2,1-3H3. The third kappa shape index (κ3) is 8.57. The highest BCUT2D eigenvalue weighted by Gasteiger charge is 2.05. The zero-order chi connectivity index (χ0) is 12.2. The summed E-state index contributed by atoms with van der Waals surface area (Å²) in [6.45, 7) is 3.05. The summed E-state index contributed by atoms with van der Waals surface area (Å²) < 4.78 is 4.62. The molecule has 3 heteroatoms. The lowest BCUT2D eigenvalue weighted by Gasteiger charge is -2.14. The van der Waals surface area contributed by atoms with Crippen molar-refractivity contribution in [2.24, 2.45) is 0 Å². The molecule has 0 N–H and O–H groups in total. The predicted octanol–water partition coefficient (Wildman–Crippen LogP) is 3.83. The van der Waals surface area contributed by atoms with Crippen LogP contribution in [-0.4, -0.2) is 31.7 Å². The van der Waals surface area contributed by atoms with Crippen molar-refractivity contribution >= 4 is 6.09 Å². The molecule has 0 heterocycles. The molecule has 0 unspecified atom stereocenters. The van der Waals surface area contributed by atoms with Crippen LogP contribution in [0.1, 0.15) is 58.3 Å². The first-order valence-electron chi connectivity index (χ1n) is 6.51. The Kier molecular flexibility index (Phi) is 10.3. The monoisotopic (exact) mass is 229 g/mol. The van der Waals surface area contributed by atoms with E-state index in [1.807, 2.05) is 0 Å². The number of nitrogens with zero attached hydrogens (tertiary/aromatic N) is 1. The molecule has 1 amide bonds. The van der Waals surface area contributed by atoms with Gasteiger partial charge in [0.1, 0.15) is 0 Å². The van der Waals surface area contributed by atoms with Crippen molar-refractivity contribution < 1.29 is 9.53 Å².